The first kappa shape index (κ1) is 18.4. The van der Waals surface area contributed by atoms with Crippen LogP contribution in [0.5, 0.6) is 5.75 Å². The van der Waals surface area contributed by atoms with E-state index in [1.54, 1.807) is 0 Å². The van der Waals surface area contributed by atoms with Crippen LogP contribution in [0.3, 0.4) is 0 Å². The van der Waals surface area contributed by atoms with E-state index >= 15 is 0 Å². The molecule has 152 valence electrons. The fourth-order valence-corrected chi connectivity index (χ4v) is 4.50. The molecule has 0 spiro atoms. The van der Waals surface area contributed by atoms with Crippen LogP contribution in [0.1, 0.15) is 52.5 Å². The van der Waals surface area contributed by atoms with Gasteiger partial charge in [-0.3, -0.25) is 4.79 Å². The number of piperidine rings is 1. The average Bonchev–Trinajstić information content (AvgIpc) is 3.13. The third-order valence-electron chi connectivity index (χ3n) is 6.19. The molecule has 1 saturated heterocycles. The quantitative estimate of drug-likeness (QED) is 0.865. The molecule has 1 aromatic heterocycles. The number of fused-ring (bicyclic) bond motifs is 2. The molecule has 2 aromatic rings. The molecule has 1 amide bonds. The Balaban J connectivity index is 1.26. The van der Waals surface area contributed by atoms with Crippen molar-refractivity contribution in [1.29, 1.82) is 0 Å². The molecule has 0 bridgehead atoms. The highest BCUT2D eigenvalue weighted by Crippen LogP contribution is 2.29. The van der Waals surface area contributed by atoms with E-state index in [2.05, 4.69) is 35.3 Å². The third-order valence-corrected chi connectivity index (χ3v) is 6.19. The van der Waals surface area contributed by atoms with E-state index in [4.69, 9.17) is 14.5 Å². The van der Waals surface area contributed by atoms with E-state index < -0.39 is 0 Å². The van der Waals surface area contributed by atoms with Crippen molar-refractivity contribution in [1.82, 2.24) is 10.3 Å². The number of aromatic nitrogens is 1. The molecule has 0 atom stereocenters. The van der Waals surface area contributed by atoms with E-state index in [9.17, 15) is 4.79 Å². The Morgan fingerprint density at radius 1 is 1.24 bits per heavy atom. The lowest BCUT2D eigenvalue weighted by atomic mass is 10.0. The fourth-order valence-electron chi connectivity index (χ4n) is 4.50. The largest absolute Gasteiger partial charge is 0.490 e. The molecule has 3 aliphatic rings. The molecule has 1 fully saturated rings. The maximum atomic E-state index is 11.9. The minimum absolute atomic E-state index is 0.00234. The Kier molecular flexibility index (Phi) is 4.87. The van der Waals surface area contributed by atoms with Crippen LogP contribution < -0.4 is 15.0 Å². The summed E-state index contributed by atoms with van der Waals surface area (Å²) in [6.45, 7) is 6.00. The number of carbonyl (C=O) groups excluding carboxylic acids is 1. The Morgan fingerprint density at radius 2 is 2.10 bits per heavy atom. The van der Waals surface area contributed by atoms with E-state index in [1.807, 2.05) is 6.07 Å². The maximum Gasteiger partial charge on any atom is 0.253 e. The molecule has 5 rings (SSSR count). The van der Waals surface area contributed by atoms with E-state index in [0.29, 0.717) is 13.2 Å². The number of carbonyl (C=O) groups is 1. The number of benzene rings is 1. The van der Waals surface area contributed by atoms with Crippen LogP contribution in [-0.4, -0.2) is 36.7 Å². The minimum atomic E-state index is -0.00234. The third kappa shape index (κ3) is 3.57. The summed E-state index contributed by atoms with van der Waals surface area (Å²) < 4.78 is 11.8. The van der Waals surface area contributed by atoms with E-state index in [0.717, 1.165) is 73.8 Å². The number of ether oxygens (including phenoxy) is 2. The highest BCUT2D eigenvalue weighted by Gasteiger charge is 2.27. The summed E-state index contributed by atoms with van der Waals surface area (Å²) in [6.07, 6.45) is 4.01. The summed E-state index contributed by atoms with van der Waals surface area (Å²) in [6, 6.07) is 8.42. The molecule has 0 unspecified atom stereocenters. The molecule has 6 heteroatoms. The molecule has 3 aliphatic heterocycles. The molecule has 0 saturated carbocycles. The highest BCUT2D eigenvalue weighted by atomic mass is 16.5. The molecule has 4 heterocycles. The first-order valence-corrected chi connectivity index (χ1v) is 10.6. The molecule has 0 aliphatic carbocycles. The van der Waals surface area contributed by atoms with E-state index in [-0.39, 0.29) is 12.0 Å². The van der Waals surface area contributed by atoms with Crippen molar-refractivity contribution in [2.24, 2.45) is 0 Å². The molecule has 6 nitrogen and oxygen atoms in total. The standard InChI is InChI=1S/C23H27N3O3/c1-2-15-12-20-21(13-24-23(20)27)25-22(15)26-8-5-18(6-9-26)29-19-4-3-17-14-28-10-7-16(17)11-19/h3-4,11-12,18H,2,5-10,13-14H2,1H3,(H,24,27). The normalized spacial score (nSPS) is 18.9. The number of amides is 1. The summed E-state index contributed by atoms with van der Waals surface area (Å²) in [5.41, 5.74) is 5.39. The Labute approximate surface area is 171 Å². The first-order chi connectivity index (χ1) is 14.2. The van der Waals surface area contributed by atoms with Gasteiger partial charge in [-0.2, -0.15) is 0 Å². The van der Waals surface area contributed by atoms with Gasteiger partial charge in [0.05, 0.1) is 31.0 Å². The van der Waals surface area contributed by atoms with Crippen molar-refractivity contribution in [2.75, 3.05) is 24.6 Å². The van der Waals surface area contributed by atoms with Crippen molar-refractivity contribution in [3.63, 3.8) is 0 Å². The number of hydrogen-bond donors (Lipinski definition) is 1. The summed E-state index contributed by atoms with van der Waals surface area (Å²) in [7, 11) is 0. The van der Waals surface area contributed by atoms with Crippen molar-refractivity contribution in [3.05, 3.63) is 52.2 Å². The smallest absolute Gasteiger partial charge is 0.253 e. The van der Waals surface area contributed by atoms with E-state index in [1.165, 1.54) is 11.1 Å². The zero-order valence-electron chi connectivity index (χ0n) is 16.9. The van der Waals surface area contributed by atoms with Crippen molar-refractivity contribution >= 4 is 11.7 Å². The summed E-state index contributed by atoms with van der Waals surface area (Å²) in [5, 5.41) is 2.87. The predicted octanol–water partition coefficient (Wildman–Crippen LogP) is 3.01. The van der Waals surface area contributed by atoms with Crippen LogP contribution in [0, 0.1) is 0 Å². The van der Waals surface area contributed by atoms with Gasteiger partial charge in [0.25, 0.3) is 5.91 Å². The lowest BCUT2D eigenvalue weighted by molar-refractivity contribution is 0.0965. The van der Waals surface area contributed by atoms with Gasteiger partial charge in [-0.1, -0.05) is 13.0 Å². The van der Waals surface area contributed by atoms with Crippen molar-refractivity contribution in [2.45, 2.75) is 51.9 Å². The summed E-state index contributed by atoms with van der Waals surface area (Å²) in [5.74, 6) is 2.01. The summed E-state index contributed by atoms with van der Waals surface area (Å²) >= 11 is 0. The first-order valence-electron chi connectivity index (χ1n) is 10.6. The lowest BCUT2D eigenvalue weighted by Gasteiger charge is -2.34. The predicted molar refractivity (Wildman–Crippen MR) is 110 cm³/mol. The number of anilines is 1. The number of nitrogens with zero attached hydrogens (tertiary/aromatic N) is 2. The molecule has 1 aromatic carbocycles. The Bertz CT molecular complexity index is 935. The fraction of sp³-hybridized carbons (Fsp3) is 0.478. The Morgan fingerprint density at radius 3 is 2.93 bits per heavy atom. The average molecular weight is 393 g/mol. The SMILES string of the molecule is CCc1cc2c(nc1N1CCC(Oc3ccc4c(c3)CCOC4)CC1)CNC2=O. The van der Waals surface area contributed by atoms with Gasteiger partial charge in [0.15, 0.2) is 0 Å². The molecule has 0 radical (unpaired) electrons. The van der Waals surface area contributed by atoms with Crippen LogP contribution in [0.25, 0.3) is 0 Å². The van der Waals surface area contributed by atoms with Crippen molar-refractivity contribution < 1.29 is 14.3 Å². The molecule has 29 heavy (non-hydrogen) atoms. The van der Waals surface area contributed by atoms with Gasteiger partial charge in [0.2, 0.25) is 0 Å². The summed E-state index contributed by atoms with van der Waals surface area (Å²) in [4.78, 5) is 19.1. The van der Waals surface area contributed by atoms with Crippen LogP contribution in [0.2, 0.25) is 0 Å². The topological polar surface area (TPSA) is 63.7 Å². The monoisotopic (exact) mass is 393 g/mol. The number of rotatable bonds is 4. The second-order valence-corrected chi connectivity index (χ2v) is 8.04. The number of nitrogens with one attached hydrogen (secondary N) is 1. The van der Waals surface area contributed by atoms with Gasteiger partial charge >= 0.3 is 0 Å². The highest BCUT2D eigenvalue weighted by molar-refractivity contribution is 5.98. The van der Waals surface area contributed by atoms with Gasteiger partial charge in [0, 0.05) is 25.9 Å². The molecular formula is C23H27N3O3. The Hall–Kier alpha value is -2.60. The van der Waals surface area contributed by atoms with Crippen LogP contribution in [0.15, 0.2) is 24.3 Å². The van der Waals surface area contributed by atoms with Gasteiger partial charge < -0.3 is 19.7 Å². The molecular weight excluding hydrogens is 366 g/mol. The minimum Gasteiger partial charge on any atom is -0.490 e. The second kappa shape index (κ2) is 7.67. The van der Waals surface area contributed by atoms with Gasteiger partial charge in [-0.05, 0) is 47.7 Å². The number of hydrogen-bond acceptors (Lipinski definition) is 5. The van der Waals surface area contributed by atoms with Crippen molar-refractivity contribution in [3.8, 4) is 5.75 Å². The number of pyridine rings is 1. The maximum absolute atomic E-state index is 11.9. The van der Waals surface area contributed by atoms with Crippen LogP contribution in [0.4, 0.5) is 5.82 Å². The zero-order chi connectivity index (χ0) is 19.8. The van der Waals surface area contributed by atoms with Gasteiger partial charge in [-0.15, -0.1) is 0 Å². The van der Waals surface area contributed by atoms with Gasteiger partial charge in [-0.25, -0.2) is 4.98 Å². The second-order valence-electron chi connectivity index (χ2n) is 8.04. The lowest BCUT2D eigenvalue weighted by Crippen LogP contribution is -2.39. The zero-order valence-corrected chi connectivity index (χ0v) is 16.9. The van der Waals surface area contributed by atoms with Gasteiger partial charge in [0.1, 0.15) is 17.7 Å². The van der Waals surface area contributed by atoms with Crippen LogP contribution in [-0.2, 0) is 30.7 Å². The molecule has 1 N–H and O–H groups in total. The number of aryl methyl sites for hydroxylation is 1. The van der Waals surface area contributed by atoms with Crippen LogP contribution >= 0.6 is 0 Å².